The zero-order chi connectivity index (χ0) is 14.8. The number of ketones is 1. The zero-order valence-electron chi connectivity index (χ0n) is 11.8. The summed E-state index contributed by atoms with van der Waals surface area (Å²) in [4.78, 5) is 14.7. The maximum Gasteiger partial charge on any atom is 0.156 e. The number of carbonyl (C=O) groups excluding carboxylic acids is 1. The summed E-state index contributed by atoms with van der Waals surface area (Å²) >= 11 is 3.37. The van der Waals surface area contributed by atoms with Gasteiger partial charge in [-0.3, -0.25) is 9.69 Å². The summed E-state index contributed by atoms with van der Waals surface area (Å²) in [6, 6.07) is 4.43. The molecule has 1 aliphatic heterocycles. The summed E-state index contributed by atoms with van der Waals surface area (Å²) in [6.45, 7) is 6.66. The molecule has 5 heteroatoms. The van der Waals surface area contributed by atoms with E-state index >= 15 is 0 Å². The van der Waals surface area contributed by atoms with Crippen molar-refractivity contribution in [3.63, 3.8) is 0 Å². The molecule has 0 N–H and O–H groups in total. The molecule has 0 amide bonds. The van der Waals surface area contributed by atoms with E-state index in [9.17, 15) is 9.18 Å². The third-order valence-corrected chi connectivity index (χ3v) is 4.62. The summed E-state index contributed by atoms with van der Waals surface area (Å²) in [7, 11) is 0. The van der Waals surface area contributed by atoms with Crippen molar-refractivity contribution in [2.75, 3.05) is 26.3 Å². The summed E-state index contributed by atoms with van der Waals surface area (Å²) in [5.74, 6) is -0.231. The van der Waals surface area contributed by atoms with Gasteiger partial charge in [-0.2, -0.15) is 0 Å². The van der Waals surface area contributed by atoms with Gasteiger partial charge in [-0.15, -0.1) is 0 Å². The predicted octanol–water partition coefficient (Wildman–Crippen LogP) is 2.81. The quantitative estimate of drug-likeness (QED) is 0.841. The molecule has 1 heterocycles. The normalized spacial score (nSPS) is 17.2. The largest absolute Gasteiger partial charge is 0.379 e. The Morgan fingerprint density at radius 1 is 1.40 bits per heavy atom. The Kier molecular flexibility index (Phi) is 4.94. The molecule has 1 aromatic rings. The lowest BCUT2D eigenvalue weighted by atomic mass is 9.91. The number of hydrogen-bond acceptors (Lipinski definition) is 3. The van der Waals surface area contributed by atoms with Crippen molar-refractivity contribution < 1.29 is 13.9 Å². The fourth-order valence-corrected chi connectivity index (χ4v) is 2.75. The first-order chi connectivity index (χ1) is 9.41. The molecular formula is C15H19BrFNO2. The third-order valence-electron chi connectivity index (χ3n) is 3.84. The lowest BCUT2D eigenvalue weighted by Gasteiger charge is -2.39. The molecule has 0 unspecified atom stereocenters. The lowest BCUT2D eigenvalue weighted by Crippen LogP contribution is -2.54. The van der Waals surface area contributed by atoms with Crippen LogP contribution in [0.2, 0.25) is 0 Å². The van der Waals surface area contributed by atoms with Gasteiger partial charge >= 0.3 is 0 Å². The van der Waals surface area contributed by atoms with Crippen LogP contribution in [0.15, 0.2) is 22.7 Å². The van der Waals surface area contributed by atoms with Gasteiger partial charge < -0.3 is 4.74 Å². The summed E-state index contributed by atoms with van der Waals surface area (Å²) in [5.41, 5.74) is 0.131. The van der Waals surface area contributed by atoms with E-state index in [1.54, 1.807) is 6.07 Å². The van der Waals surface area contributed by atoms with Crippen LogP contribution in [0.4, 0.5) is 4.39 Å². The molecule has 3 nitrogen and oxygen atoms in total. The highest BCUT2D eigenvalue weighted by atomic mass is 79.9. The molecule has 0 aromatic heterocycles. The average molecular weight is 344 g/mol. The average Bonchev–Trinajstić information content (AvgIpc) is 2.43. The highest BCUT2D eigenvalue weighted by Crippen LogP contribution is 2.23. The van der Waals surface area contributed by atoms with Gasteiger partial charge in [0.15, 0.2) is 5.78 Å². The van der Waals surface area contributed by atoms with Gasteiger partial charge in [0.05, 0.1) is 18.8 Å². The molecule has 0 radical (unpaired) electrons. The Morgan fingerprint density at radius 2 is 2.05 bits per heavy atom. The first-order valence-corrected chi connectivity index (χ1v) is 7.50. The minimum Gasteiger partial charge on any atom is -0.379 e. The standard InChI is InChI=1S/C15H19BrFNO2/c1-15(2,18-5-7-20-8-6-18)14(19)10-11-9-12(17)3-4-13(11)16/h3-4,9H,5-8,10H2,1-2H3. The second-order valence-corrected chi connectivity index (χ2v) is 6.35. The van der Waals surface area contributed by atoms with Crippen LogP contribution < -0.4 is 0 Å². The van der Waals surface area contributed by atoms with Gasteiger partial charge in [-0.25, -0.2) is 4.39 Å². The topological polar surface area (TPSA) is 29.5 Å². The van der Waals surface area contributed by atoms with E-state index < -0.39 is 5.54 Å². The van der Waals surface area contributed by atoms with Crippen LogP contribution in [-0.2, 0) is 16.0 Å². The third kappa shape index (κ3) is 3.45. The minimum atomic E-state index is -0.560. The van der Waals surface area contributed by atoms with Crippen LogP contribution in [0, 0.1) is 5.82 Å². The van der Waals surface area contributed by atoms with E-state index in [-0.39, 0.29) is 18.0 Å². The zero-order valence-corrected chi connectivity index (χ0v) is 13.4. The molecule has 0 spiro atoms. The molecule has 1 fully saturated rings. The Balaban J connectivity index is 2.11. The van der Waals surface area contributed by atoms with Crippen molar-refractivity contribution >= 4 is 21.7 Å². The number of rotatable bonds is 4. The monoisotopic (exact) mass is 343 g/mol. The molecule has 0 atom stereocenters. The minimum absolute atomic E-state index is 0.0886. The van der Waals surface area contributed by atoms with Crippen LogP contribution in [0.3, 0.4) is 0 Å². The molecule has 110 valence electrons. The van der Waals surface area contributed by atoms with Gasteiger partial charge in [-0.05, 0) is 37.6 Å². The van der Waals surface area contributed by atoms with Gasteiger partial charge in [-0.1, -0.05) is 15.9 Å². The number of ether oxygens (including phenoxy) is 1. The number of carbonyl (C=O) groups is 1. The smallest absolute Gasteiger partial charge is 0.156 e. The number of Topliss-reactive ketones (excluding diaryl/α,β-unsaturated/α-hetero) is 1. The number of benzene rings is 1. The van der Waals surface area contributed by atoms with Crippen LogP contribution in [0.5, 0.6) is 0 Å². The molecule has 20 heavy (non-hydrogen) atoms. The number of halogens is 2. The van der Waals surface area contributed by atoms with E-state index in [0.29, 0.717) is 18.8 Å². The van der Waals surface area contributed by atoms with Gasteiger partial charge in [0, 0.05) is 24.0 Å². The lowest BCUT2D eigenvalue weighted by molar-refractivity contribution is -0.131. The molecule has 0 saturated carbocycles. The van der Waals surface area contributed by atoms with Crippen LogP contribution >= 0.6 is 15.9 Å². The first-order valence-electron chi connectivity index (χ1n) is 6.71. The van der Waals surface area contributed by atoms with E-state index in [1.807, 2.05) is 13.8 Å². The number of hydrogen-bond donors (Lipinski definition) is 0. The second kappa shape index (κ2) is 6.33. The summed E-state index contributed by atoms with van der Waals surface area (Å²) < 4.78 is 19.4. The highest BCUT2D eigenvalue weighted by Gasteiger charge is 2.35. The molecule has 0 aliphatic carbocycles. The number of morpholine rings is 1. The molecule has 0 bridgehead atoms. The molecule has 1 aliphatic rings. The van der Waals surface area contributed by atoms with E-state index in [2.05, 4.69) is 20.8 Å². The van der Waals surface area contributed by atoms with Crippen molar-refractivity contribution in [1.82, 2.24) is 4.90 Å². The molecular weight excluding hydrogens is 325 g/mol. The molecule has 1 saturated heterocycles. The van der Waals surface area contributed by atoms with Crippen molar-refractivity contribution in [3.8, 4) is 0 Å². The van der Waals surface area contributed by atoms with E-state index in [0.717, 1.165) is 17.6 Å². The number of nitrogens with zero attached hydrogens (tertiary/aromatic N) is 1. The second-order valence-electron chi connectivity index (χ2n) is 5.49. The molecule has 2 rings (SSSR count). The van der Waals surface area contributed by atoms with Crippen molar-refractivity contribution in [2.24, 2.45) is 0 Å². The fourth-order valence-electron chi connectivity index (χ4n) is 2.37. The predicted molar refractivity (Wildman–Crippen MR) is 79.3 cm³/mol. The fraction of sp³-hybridized carbons (Fsp3) is 0.533. The van der Waals surface area contributed by atoms with Gasteiger partial charge in [0.1, 0.15) is 5.82 Å². The van der Waals surface area contributed by atoms with Crippen molar-refractivity contribution in [2.45, 2.75) is 25.8 Å². The Labute approximate surface area is 127 Å². The highest BCUT2D eigenvalue weighted by molar-refractivity contribution is 9.10. The Morgan fingerprint density at radius 3 is 2.70 bits per heavy atom. The van der Waals surface area contributed by atoms with Crippen molar-refractivity contribution in [1.29, 1.82) is 0 Å². The van der Waals surface area contributed by atoms with Gasteiger partial charge in [0.25, 0.3) is 0 Å². The van der Waals surface area contributed by atoms with E-state index in [4.69, 9.17) is 4.74 Å². The van der Waals surface area contributed by atoms with Gasteiger partial charge in [0.2, 0.25) is 0 Å². The summed E-state index contributed by atoms with van der Waals surface area (Å²) in [5, 5.41) is 0. The first kappa shape index (κ1) is 15.6. The SMILES string of the molecule is CC(C)(C(=O)Cc1cc(F)ccc1Br)N1CCOCC1. The van der Waals surface area contributed by atoms with E-state index in [1.165, 1.54) is 12.1 Å². The van der Waals surface area contributed by atoms with Crippen LogP contribution in [0.25, 0.3) is 0 Å². The summed E-state index contributed by atoms with van der Waals surface area (Å²) in [6.07, 6.45) is 0.225. The maximum atomic E-state index is 13.3. The Hall–Kier alpha value is -0.780. The van der Waals surface area contributed by atoms with Crippen LogP contribution in [-0.4, -0.2) is 42.5 Å². The maximum absolute atomic E-state index is 13.3. The van der Waals surface area contributed by atoms with Crippen molar-refractivity contribution in [3.05, 3.63) is 34.1 Å². The van der Waals surface area contributed by atoms with Crippen LogP contribution in [0.1, 0.15) is 19.4 Å². The Bertz CT molecular complexity index is 499. The molecule has 1 aromatic carbocycles.